The van der Waals surface area contributed by atoms with Gasteiger partial charge in [0.1, 0.15) is 0 Å². The highest BCUT2D eigenvalue weighted by Gasteiger charge is 2.34. The summed E-state index contributed by atoms with van der Waals surface area (Å²) in [5.41, 5.74) is 2.50. The minimum atomic E-state index is -0.522. The first kappa shape index (κ1) is 16.2. The van der Waals surface area contributed by atoms with Gasteiger partial charge < -0.3 is 19.7 Å². The van der Waals surface area contributed by atoms with Crippen LogP contribution in [0, 0.1) is 5.92 Å². The van der Waals surface area contributed by atoms with Gasteiger partial charge in [0.25, 0.3) is 5.91 Å². The molecule has 132 valence electrons. The summed E-state index contributed by atoms with van der Waals surface area (Å²) < 4.78 is 7.43. The van der Waals surface area contributed by atoms with Crippen molar-refractivity contribution in [1.82, 2.24) is 19.9 Å². The van der Waals surface area contributed by atoms with Crippen LogP contribution in [-0.2, 0) is 24.3 Å². The summed E-state index contributed by atoms with van der Waals surface area (Å²) in [6.45, 7) is 1.99. The predicted octanol–water partition coefficient (Wildman–Crippen LogP) is 0.920. The SMILES string of the molecule is O=C(N[C@@H]1CC(Cn2ccnc2)C[C@H]1O)c1cnc2c(c1)COCC2. The number of carbonyl (C=O) groups is 1. The van der Waals surface area contributed by atoms with Crippen molar-refractivity contribution in [2.24, 2.45) is 5.92 Å². The molecule has 2 aromatic rings. The molecule has 1 saturated carbocycles. The van der Waals surface area contributed by atoms with Crippen molar-refractivity contribution in [3.63, 3.8) is 0 Å². The van der Waals surface area contributed by atoms with E-state index in [1.165, 1.54) is 0 Å². The van der Waals surface area contributed by atoms with Crippen molar-refractivity contribution in [3.8, 4) is 0 Å². The molecule has 7 nitrogen and oxygen atoms in total. The molecule has 2 N–H and O–H groups in total. The number of fused-ring (bicyclic) bond motifs is 1. The van der Waals surface area contributed by atoms with Gasteiger partial charge in [-0.25, -0.2) is 4.98 Å². The Hall–Kier alpha value is -2.25. The van der Waals surface area contributed by atoms with E-state index in [2.05, 4.69) is 15.3 Å². The minimum Gasteiger partial charge on any atom is -0.391 e. The summed E-state index contributed by atoms with van der Waals surface area (Å²) in [4.78, 5) is 21.0. The lowest BCUT2D eigenvalue weighted by Gasteiger charge is -2.18. The molecule has 4 rings (SSSR count). The van der Waals surface area contributed by atoms with Crippen LogP contribution in [-0.4, -0.2) is 44.3 Å². The number of hydrogen-bond donors (Lipinski definition) is 2. The number of aromatic nitrogens is 3. The lowest BCUT2D eigenvalue weighted by molar-refractivity contribution is 0.0870. The molecular weight excluding hydrogens is 320 g/mol. The quantitative estimate of drug-likeness (QED) is 0.862. The molecule has 2 aliphatic rings. The molecule has 0 aromatic carbocycles. The third-order valence-electron chi connectivity index (χ3n) is 5.03. The first-order valence-corrected chi connectivity index (χ1v) is 8.69. The zero-order chi connectivity index (χ0) is 17.2. The van der Waals surface area contributed by atoms with E-state index in [1.54, 1.807) is 18.7 Å². The molecule has 0 saturated heterocycles. The maximum Gasteiger partial charge on any atom is 0.253 e. The van der Waals surface area contributed by atoms with Crippen LogP contribution in [0.3, 0.4) is 0 Å². The van der Waals surface area contributed by atoms with Gasteiger partial charge in [-0.2, -0.15) is 0 Å². The first-order chi connectivity index (χ1) is 12.2. The lowest BCUT2D eigenvalue weighted by Crippen LogP contribution is -2.40. The average Bonchev–Trinajstić information content (AvgIpc) is 3.25. The van der Waals surface area contributed by atoms with Crippen molar-refractivity contribution in [2.45, 2.75) is 44.6 Å². The van der Waals surface area contributed by atoms with E-state index < -0.39 is 6.10 Å². The van der Waals surface area contributed by atoms with Gasteiger partial charge in [0.15, 0.2) is 0 Å². The van der Waals surface area contributed by atoms with Gasteiger partial charge in [-0.1, -0.05) is 0 Å². The summed E-state index contributed by atoms with van der Waals surface area (Å²) >= 11 is 0. The Morgan fingerprint density at radius 1 is 1.44 bits per heavy atom. The van der Waals surface area contributed by atoms with Crippen molar-refractivity contribution >= 4 is 5.91 Å². The molecule has 0 spiro atoms. The number of nitrogens with zero attached hydrogens (tertiary/aromatic N) is 3. The first-order valence-electron chi connectivity index (χ1n) is 8.69. The second-order valence-corrected chi connectivity index (χ2v) is 6.88. The van der Waals surface area contributed by atoms with Crippen LogP contribution in [0.15, 0.2) is 31.0 Å². The van der Waals surface area contributed by atoms with E-state index >= 15 is 0 Å². The second kappa shape index (κ2) is 6.93. The van der Waals surface area contributed by atoms with E-state index in [1.807, 2.05) is 16.8 Å². The van der Waals surface area contributed by atoms with E-state index in [4.69, 9.17) is 4.74 Å². The Balaban J connectivity index is 1.39. The lowest BCUT2D eigenvalue weighted by atomic mass is 10.1. The molecular formula is C18H22N4O3. The number of carbonyl (C=O) groups excluding carboxylic acids is 1. The van der Waals surface area contributed by atoms with Crippen LogP contribution in [0.4, 0.5) is 0 Å². The van der Waals surface area contributed by atoms with Crippen molar-refractivity contribution < 1.29 is 14.6 Å². The Bertz CT molecular complexity index is 747. The minimum absolute atomic E-state index is 0.187. The van der Waals surface area contributed by atoms with Crippen LogP contribution in [0.5, 0.6) is 0 Å². The monoisotopic (exact) mass is 342 g/mol. The third kappa shape index (κ3) is 3.57. The van der Waals surface area contributed by atoms with Gasteiger partial charge in [0.05, 0.1) is 37.3 Å². The van der Waals surface area contributed by atoms with Crippen molar-refractivity contribution in [2.75, 3.05) is 6.61 Å². The van der Waals surface area contributed by atoms with E-state index in [-0.39, 0.29) is 11.9 Å². The molecule has 1 fully saturated rings. The number of hydrogen-bond acceptors (Lipinski definition) is 5. The Labute approximate surface area is 146 Å². The number of nitrogens with one attached hydrogen (secondary N) is 1. The number of rotatable bonds is 4. The summed E-state index contributed by atoms with van der Waals surface area (Å²) in [6, 6.07) is 1.62. The van der Waals surface area contributed by atoms with Crippen LogP contribution < -0.4 is 5.32 Å². The maximum absolute atomic E-state index is 12.5. The van der Waals surface area contributed by atoms with Crippen LogP contribution in [0.1, 0.15) is 34.5 Å². The molecule has 1 aliphatic carbocycles. The molecule has 1 unspecified atom stereocenters. The summed E-state index contributed by atoms with van der Waals surface area (Å²) in [7, 11) is 0. The molecule has 7 heteroatoms. The van der Waals surface area contributed by atoms with Crippen LogP contribution in [0.25, 0.3) is 0 Å². The number of imidazole rings is 1. The molecule has 0 radical (unpaired) electrons. The highest BCUT2D eigenvalue weighted by Crippen LogP contribution is 2.28. The average molecular weight is 342 g/mol. The number of ether oxygens (including phenoxy) is 1. The van der Waals surface area contributed by atoms with Gasteiger partial charge in [-0.05, 0) is 24.8 Å². The van der Waals surface area contributed by atoms with Gasteiger partial charge in [0, 0.05) is 42.8 Å². The zero-order valence-corrected chi connectivity index (χ0v) is 14.0. The number of aliphatic hydroxyl groups is 1. The van der Waals surface area contributed by atoms with Gasteiger partial charge in [-0.3, -0.25) is 9.78 Å². The fourth-order valence-corrected chi connectivity index (χ4v) is 3.73. The van der Waals surface area contributed by atoms with Gasteiger partial charge >= 0.3 is 0 Å². The van der Waals surface area contributed by atoms with Crippen molar-refractivity contribution in [3.05, 3.63) is 47.8 Å². The van der Waals surface area contributed by atoms with Gasteiger partial charge in [0.2, 0.25) is 0 Å². The summed E-state index contributed by atoms with van der Waals surface area (Å²) in [5, 5.41) is 13.3. The van der Waals surface area contributed by atoms with E-state index in [0.717, 1.165) is 30.6 Å². The fraction of sp³-hybridized carbons (Fsp3) is 0.500. The molecule has 25 heavy (non-hydrogen) atoms. The molecule has 2 aromatic heterocycles. The number of amides is 1. The number of aliphatic hydroxyl groups excluding tert-OH is 1. The third-order valence-corrected chi connectivity index (χ3v) is 5.03. The molecule has 1 amide bonds. The smallest absolute Gasteiger partial charge is 0.253 e. The predicted molar refractivity (Wildman–Crippen MR) is 89.8 cm³/mol. The highest BCUT2D eigenvalue weighted by atomic mass is 16.5. The normalized spacial score (nSPS) is 25.6. The standard InChI is InChI=1S/C18H22N4O3/c23-17-6-12(9-22-3-2-19-11-22)5-16(17)21-18(24)13-7-14-10-25-4-1-15(14)20-8-13/h2-3,7-8,11-12,16-17,23H,1,4-6,9-10H2,(H,21,24)/t12?,16-,17-/m1/s1. The van der Waals surface area contributed by atoms with E-state index in [9.17, 15) is 9.90 Å². The second-order valence-electron chi connectivity index (χ2n) is 6.88. The number of pyridine rings is 1. The Morgan fingerprint density at radius 2 is 2.36 bits per heavy atom. The zero-order valence-electron chi connectivity index (χ0n) is 14.0. The molecule has 1 aliphatic heterocycles. The van der Waals surface area contributed by atoms with Crippen LogP contribution >= 0.6 is 0 Å². The Kier molecular flexibility index (Phi) is 4.50. The fourth-order valence-electron chi connectivity index (χ4n) is 3.73. The van der Waals surface area contributed by atoms with Crippen LogP contribution in [0.2, 0.25) is 0 Å². The van der Waals surface area contributed by atoms with Crippen molar-refractivity contribution in [1.29, 1.82) is 0 Å². The van der Waals surface area contributed by atoms with Gasteiger partial charge in [-0.15, -0.1) is 0 Å². The Morgan fingerprint density at radius 3 is 3.20 bits per heavy atom. The molecule has 0 bridgehead atoms. The summed E-state index contributed by atoms with van der Waals surface area (Å²) in [5.74, 6) is 0.137. The topological polar surface area (TPSA) is 89.3 Å². The maximum atomic E-state index is 12.5. The largest absolute Gasteiger partial charge is 0.391 e. The summed E-state index contributed by atoms with van der Waals surface area (Å²) in [6.07, 6.45) is 8.76. The molecule has 3 atom stereocenters. The highest BCUT2D eigenvalue weighted by molar-refractivity contribution is 5.94. The molecule has 3 heterocycles. The van der Waals surface area contributed by atoms with E-state index in [0.29, 0.717) is 31.1 Å².